The Kier molecular flexibility index (Phi) is 22.5. The van der Waals surface area contributed by atoms with Crippen molar-refractivity contribution in [2.75, 3.05) is 77.4 Å². The van der Waals surface area contributed by atoms with Crippen LogP contribution in [0.25, 0.3) is 0 Å². The lowest BCUT2D eigenvalue weighted by Crippen LogP contribution is -2.50. The van der Waals surface area contributed by atoms with Gasteiger partial charge in [0.05, 0.1) is 47.3 Å². The maximum Gasteiger partial charge on any atom is 0.264 e. The molecular weight excluding hydrogens is 1320 g/mol. The van der Waals surface area contributed by atoms with Gasteiger partial charge < -0.3 is 38.5 Å². The van der Waals surface area contributed by atoms with Gasteiger partial charge >= 0.3 is 0 Å². The molecule has 4 aromatic rings. The van der Waals surface area contributed by atoms with Crippen molar-refractivity contribution in [3.63, 3.8) is 0 Å². The number of nitrogens with zero attached hydrogens (tertiary/aromatic N) is 4. The Hall–Kier alpha value is -6.16. The topological polar surface area (TPSA) is 210 Å². The fraction of sp³-hybridized carbons (Fsp3) is 0.579. The van der Waals surface area contributed by atoms with Gasteiger partial charge in [0, 0.05) is 86.4 Å². The van der Waals surface area contributed by atoms with Gasteiger partial charge in [0.25, 0.3) is 23.6 Å². The number of benzene rings is 4. The molecule has 2 fully saturated rings. The number of hydrogen-bond donors (Lipinski definition) is 2. The van der Waals surface area contributed by atoms with Gasteiger partial charge in [-0.05, 0) is 222 Å². The number of likely N-dealkylation sites (N-methyl/N-ethyl adjacent to an activating group) is 2. The van der Waals surface area contributed by atoms with Crippen LogP contribution in [0, 0.1) is 35.5 Å². The van der Waals surface area contributed by atoms with E-state index in [1.807, 2.05) is 64.1 Å². The summed E-state index contributed by atoms with van der Waals surface area (Å²) in [5.74, 6) is 0.252. The second-order valence-corrected chi connectivity index (χ2v) is 34.6. The maximum atomic E-state index is 13.5. The first-order valence-corrected chi connectivity index (χ1v) is 39.3. The van der Waals surface area contributed by atoms with Crippen LogP contribution in [0.1, 0.15) is 162 Å². The highest BCUT2D eigenvalue weighted by molar-refractivity contribution is 7.91. The average molecular weight is 1420 g/mol. The number of anilines is 2. The van der Waals surface area contributed by atoms with Gasteiger partial charge in [0.2, 0.25) is 20.0 Å². The number of rotatable bonds is 8. The number of amides is 4. The van der Waals surface area contributed by atoms with Crippen LogP contribution >= 0.6 is 23.2 Å². The number of carbonyl (C=O) groups excluding carboxylic acids is 4. The van der Waals surface area contributed by atoms with E-state index in [0.29, 0.717) is 76.6 Å². The zero-order chi connectivity index (χ0) is 70.2. The number of nitrogens with one attached hydrogen (secondary N) is 2. The molecule has 22 heteroatoms. The van der Waals surface area contributed by atoms with Crippen LogP contribution in [0.2, 0.25) is 10.0 Å². The highest BCUT2D eigenvalue weighted by Crippen LogP contribution is 2.50. The number of carbonyl (C=O) groups is 4. The van der Waals surface area contributed by atoms with Crippen LogP contribution < -0.4 is 28.7 Å². The third-order valence-electron chi connectivity index (χ3n) is 22.8. The molecule has 4 aliphatic heterocycles. The van der Waals surface area contributed by atoms with Gasteiger partial charge in [-0.15, -0.1) is 0 Å². The standard InChI is InChI=1S/2C38H50ClN3O6S/c2*1-6-33(37(44)41(4)5)48-34-11-7-9-24(2)25(3)49(45,46)40-36(43)27-13-17-35-32(20-27)42(21-28-12-15-30(28)34)22-38(23-47-35)18-8-10-26-19-29(39)14-16-31(26)38/h2*7,11,13-14,16-17,19-20,24-25,28,30,33-34H,6,8-10,12,15,18,21-23H2,1-5H3,(H,40,43)/b2*11-7+/t24-,25+,28-,30+,33+,34-,38-;24-,25+,28-,30+,33-,34-,38-/m00/s1. The molecule has 0 saturated heterocycles. The predicted molar refractivity (Wildman–Crippen MR) is 386 cm³/mol. The molecule has 98 heavy (non-hydrogen) atoms. The highest BCUT2D eigenvalue weighted by atomic mass is 35.5. The van der Waals surface area contributed by atoms with E-state index in [-0.39, 0.29) is 81.5 Å². The second-order valence-electron chi connectivity index (χ2n) is 29.7. The van der Waals surface area contributed by atoms with Gasteiger partial charge in [0.1, 0.15) is 23.7 Å². The molecule has 532 valence electrons. The summed E-state index contributed by atoms with van der Waals surface area (Å²) in [6.07, 6.45) is 18.1. The van der Waals surface area contributed by atoms with Crippen LogP contribution in [0.15, 0.2) is 97.1 Å². The zero-order valence-corrected chi connectivity index (χ0v) is 61.7. The van der Waals surface area contributed by atoms with Crippen molar-refractivity contribution < 1.29 is 55.0 Å². The van der Waals surface area contributed by atoms with E-state index in [1.54, 1.807) is 88.2 Å². The second kappa shape index (κ2) is 30.2. The lowest BCUT2D eigenvalue weighted by Gasteiger charge is -2.46. The first-order valence-electron chi connectivity index (χ1n) is 35.4. The highest BCUT2D eigenvalue weighted by Gasteiger charge is 2.48. The van der Waals surface area contributed by atoms with E-state index in [1.165, 1.54) is 22.3 Å². The zero-order valence-electron chi connectivity index (χ0n) is 58.6. The maximum absolute atomic E-state index is 13.5. The molecule has 2 saturated carbocycles. The SMILES string of the molecule is CC[C@@H](O[C@H]1/C=C/C[C@H](C)[C@@H](C)S(=O)(=O)NC(=O)c2ccc3c(c2)N(C[C@@H]2CC[C@H]21)C[C@@]1(CCCc2cc(Cl)ccc21)CO3)C(=O)N(C)C.CC[C@H](O[C@H]1/C=C/C[C@H](C)[C@@H](C)S(=O)(=O)NC(=O)c2ccc3c(c2)N(C[C@@H]2CC[C@H]21)C[C@@]1(CCCc2cc(Cl)ccc21)CO3)C(=O)N(C)C. The van der Waals surface area contributed by atoms with E-state index in [2.05, 4.69) is 43.5 Å². The van der Waals surface area contributed by atoms with E-state index in [9.17, 15) is 36.0 Å². The molecule has 14 atom stereocenters. The first kappa shape index (κ1) is 73.1. The Labute approximate surface area is 591 Å². The molecule has 4 aromatic carbocycles. The van der Waals surface area contributed by atoms with Gasteiger partial charge in [-0.2, -0.15) is 0 Å². The molecule has 2 spiro atoms. The van der Waals surface area contributed by atoms with Crippen molar-refractivity contribution in [2.45, 2.75) is 177 Å². The number of ether oxygens (including phenoxy) is 4. The summed E-state index contributed by atoms with van der Waals surface area (Å²) < 4.78 is 85.0. The molecule has 4 aliphatic carbocycles. The van der Waals surface area contributed by atoms with Crippen molar-refractivity contribution in [1.29, 1.82) is 0 Å². The summed E-state index contributed by atoms with van der Waals surface area (Å²) in [7, 11) is -0.954. The Morgan fingerprint density at radius 1 is 0.592 bits per heavy atom. The first-order chi connectivity index (χ1) is 46.6. The number of halogens is 2. The van der Waals surface area contributed by atoms with E-state index in [0.717, 1.165) is 85.6 Å². The third-order valence-corrected chi connectivity index (χ3v) is 27.1. The molecule has 4 bridgehead atoms. The molecule has 12 rings (SSSR count). The number of allylic oxidation sites excluding steroid dienone is 2. The number of fused-ring (bicyclic) bond motifs is 8. The minimum absolute atomic E-state index is 0.0631. The summed E-state index contributed by atoms with van der Waals surface area (Å²) in [6.45, 7) is 14.7. The number of hydrogen-bond acceptors (Lipinski definition) is 14. The van der Waals surface area contributed by atoms with Crippen LogP contribution in [-0.4, -0.2) is 153 Å². The van der Waals surface area contributed by atoms with Crippen LogP contribution in [-0.2, 0) is 62.8 Å². The van der Waals surface area contributed by atoms with Crippen molar-refractivity contribution in [3.8, 4) is 11.5 Å². The lowest BCUT2D eigenvalue weighted by atomic mass is 9.68. The lowest BCUT2D eigenvalue weighted by molar-refractivity contribution is -0.148. The van der Waals surface area contributed by atoms with Gasteiger partial charge in [0.15, 0.2) is 0 Å². The normalized spacial score (nSPS) is 30.8. The quantitative estimate of drug-likeness (QED) is 0.157. The molecule has 18 nitrogen and oxygen atoms in total. The predicted octanol–water partition coefficient (Wildman–Crippen LogP) is 12.3. The molecule has 0 unspecified atom stereocenters. The summed E-state index contributed by atoms with van der Waals surface area (Å²) in [5, 5.41) is -0.183. The Balaban J connectivity index is 0.000000198. The monoisotopic (exact) mass is 1420 g/mol. The summed E-state index contributed by atoms with van der Waals surface area (Å²) >= 11 is 12.9. The van der Waals surface area contributed by atoms with Crippen molar-refractivity contribution >= 4 is 78.3 Å². The Morgan fingerprint density at radius 2 is 0.990 bits per heavy atom. The van der Waals surface area contributed by atoms with Crippen molar-refractivity contribution in [2.24, 2.45) is 35.5 Å². The van der Waals surface area contributed by atoms with Crippen molar-refractivity contribution in [1.82, 2.24) is 19.2 Å². The molecule has 2 N–H and O–H groups in total. The number of sulfonamides is 2. The van der Waals surface area contributed by atoms with Gasteiger partial charge in [-0.1, -0.05) is 87.3 Å². The van der Waals surface area contributed by atoms with Crippen LogP contribution in [0.3, 0.4) is 0 Å². The van der Waals surface area contributed by atoms with E-state index in [4.69, 9.17) is 42.1 Å². The molecular formula is C76H100Cl2N6O12S2. The summed E-state index contributed by atoms with van der Waals surface area (Å²) in [6, 6.07) is 22.8. The van der Waals surface area contributed by atoms with Gasteiger partial charge in [-0.3, -0.25) is 19.2 Å². The fourth-order valence-corrected chi connectivity index (χ4v) is 19.1. The molecule has 0 aromatic heterocycles. The van der Waals surface area contributed by atoms with Crippen LogP contribution in [0.5, 0.6) is 11.5 Å². The van der Waals surface area contributed by atoms with E-state index >= 15 is 0 Å². The fourth-order valence-electron chi connectivity index (χ4n) is 16.2. The minimum atomic E-state index is -3.97. The Bertz CT molecular complexity index is 3670. The molecule has 4 amide bonds. The van der Waals surface area contributed by atoms with E-state index < -0.39 is 54.6 Å². The van der Waals surface area contributed by atoms with Crippen LogP contribution in [0.4, 0.5) is 11.4 Å². The Morgan fingerprint density at radius 3 is 1.35 bits per heavy atom. The van der Waals surface area contributed by atoms with Crippen molar-refractivity contribution in [3.05, 3.63) is 141 Å². The summed E-state index contributed by atoms with van der Waals surface area (Å²) in [4.78, 5) is 61.1. The number of aryl methyl sites for hydroxylation is 2. The molecule has 0 radical (unpaired) electrons. The van der Waals surface area contributed by atoms with Gasteiger partial charge in [-0.25, -0.2) is 26.3 Å². The minimum Gasteiger partial charge on any atom is -0.490 e. The summed E-state index contributed by atoms with van der Waals surface area (Å²) in [5.41, 5.74) is 6.50. The molecule has 8 aliphatic rings. The molecule has 4 heterocycles. The third kappa shape index (κ3) is 15.5. The largest absolute Gasteiger partial charge is 0.490 e. The smallest absolute Gasteiger partial charge is 0.264 e. The average Bonchev–Trinajstić information content (AvgIpc) is 1.46.